The molecule has 0 spiro atoms. The van der Waals surface area contributed by atoms with Gasteiger partial charge in [0.15, 0.2) is 11.6 Å². The van der Waals surface area contributed by atoms with E-state index in [-0.39, 0.29) is 17.4 Å². The Morgan fingerprint density at radius 1 is 1.05 bits per heavy atom. The van der Waals surface area contributed by atoms with Crippen molar-refractivity contribution in [3.05, 3.63) is 94.1 Å². The quantitative estimate of drug-likeness (QED) is 0.375. The second-order valence-electron chi connectivity index (χ2n) is 10.8. The highest BCUT2D eigenvalue weighted by molar-refractivity contribution is 5.95. The number of carbonyl (C=O) groups excluding carboxylic acids is 1. The van der Waals surface area contributed by atoms with Crippen LogP contribution in [0.3, 0.4) is 0 Å². The number of hydrogen-bond donors (Lipinski definition) is 0. The van der Waals surface area contributed by atoms with Gasteiger partial charge in [0, 0.05) is 75.7 Å². The second-order valence-corrected chi connectivity index (χ2v) is 10.8. The van der Waals surface area contributed by atoms with Crippen LogP contribution in [0.1, 0.15) is 38.3 Å². The van der Waals surface area contributed by atoms with Crippen LogP contribution in [0.5, 0.6) is 5.75 Å². The van der Waals surface area contributed by atoms with E-state index in [1.807, 2.05) is 12.3 Å². The van der Waals surface area contributed by atoms with E-state index in [0.717, 1.165) is 56.0 Å². The van der Waals surface area contributed by atoms with E-state index < -0.39 is 23.5 Å². The average molecular weight is 571 g/mol. The highest BCUT2D eigenvalue weighted by Crippen LogP contribution is 2.31. The normalized spacial score (nSPS) is 18.3. The summed E-state index contributed by atoms with van der Waals surface area (Å²) in [5.41, 5.74) is 2.74. The van der Waals surface area contributed by atoms with Crippen LogP contribution < -0.4 is 4.74 Å². The Kier molecular flexibility index (Phi) is 8.60. The van der Waals surface area contributed by atoms with E-state index in [4.69, 9.17) is 4.74 Å². The van der Waals surface area contributed by atoms with Gasteiger partial charge in [0.05, 0.1) is 12.7 Å². The number of alkyl halides is 3. The van der Waals surface area contributed by atoms with Gasteiger partial charge in [0.25, 0.3) is 5.91 Å². The van der Waals surface area contributed by atoms with Crippen molar-refractivity contribution < 1.29 is 27.1 Å². The van der Waals surface area contributed by atoms with Crippen molar-refractivity contribution in [2.45, 2.75) is 38.5 Å². The van der Waals surface area contributed by atoms with Crippen LogP contribution in [0.25, 0.3) is 0 Å². The fraction of sp³-hybridized carbons (Fsp3) is 0.419. The van der Waals surface area contributed by atoms with Crippen LogP contribution in [0.2, 0.25) is 0 Å². The summed E-state index contributed by atoms with van der Waals surface area (Å²) >= 11 is 0. The molecule has 5 rings (SSSR count). The number of benzene rings is 2. The number of aromatic nitrogens is 1. The Balaban J connectivity index is 1.33. The molecule has 0 unspecified atom stereocenters. The molecule has 1 aromatic heterocycles. The molecule has 2 aromatic carbocycles. The predicted octanol–water partition coefficient (Wildman–Crippen LogP) is 4.98. The molecule has 1 amide bonds. The van der Waals surface area contributed by atoms with Crippen molar-refractivity contribution in [1.82, 2.24) is 19.7 Å². The minimum atomic E-state index is -4.55. The van der Waals surface area contributed by atoms with Gasteiger partial charge in [0.1, 0.15) is 0 Å². The molecule has 0 bridgehead atoms. The molecule has 2 aliphatic rings. The molecular weight excluding hydrogens is 536 g/mol. The molecular formula is C31H34F4N4O2. The van der Waals surface area contributed by atoms with Crippen LogP contribution in [-0.2, 0) is 25.6 Å². The summed E-state index contributed by atoms with van der Waals surface area (Å²) in [5, 5.41) is 0. The van der Waals surface area contributed by atoms with Crippen molar-refractivity contribution in [3.63, 3.8) is 0 Å². The first-order chi connectivity index (χ1) is 19.6. The summed E-state index contributed by atoms with van der Waals surface area (Å²) in [4.78, 5) is 24.5. The molecule has 3 aromatic rings. The lowest BCUT2D eigenvalue weighted by Gasteiger charge is -2.42. The van der Waals surface area contributed by atoms with E-state index in [1.165, 1.54) is 24.8 Å². The third-order valence-corrected chi connectivity index (χ3v) is 7.94. The third-order valence-electron chi connectivity index (χ3n) is 7.94. The number of amides is 1. The molecule has 1 fully saturated rings. The Labute approximate surface area is 237 Å². The number of piperazine rings is 1. The number of hydrogen-bond acceptors (Lipinski definition) is 5. The predicted molar refractivity (Wildman–Crippen MR) is 147 cm³/mol. The maximum Gasteiger partial charge on any atom is 0.416 e. The van der Waals surface area contributed by atoms with Crippen LogP contribution in [0.15, 0.2) is 54.7 Å². The summed E-state index contributed by atoms with van der Waals surface area (Å²) < 4.78 is 59.8. The van der Waals surface area contributed by atoms with Gasteiger partial charge in [-0.1, -0.05) is 12.1 Å². The molecule has 41 heavy (non-hydrogen) atoms. The van der Waals surface area contributed by atoms with Gasteiger partial charge in [-0.2, -0.15) is 13.2 Å². The second kappa shape index (κ2) is 12.2. The van der Waals surface area contributed by atoms with Gasteiger partial charge in [-0.05, 0) is 66.4 Å². The number of methoxy groups -OCH3 is 1. The standard InChI is InChI=1S/C31H34F4N4O2/c1-21-14-24(18-25(15-21)31(33,34)35)30(40)39-13-12-38(11-10-37-9-7-28-23(19-37)4-3-8-36-28)20-26(39)16-22-5-6-27(32)29(17-22)41-2/h3-6,8,14-15,17-18,26H,7,9-13,16,19-20H2,1-2H3/t26-/m1/s1. The largest absolute Gasteiger partial charge is 0.494 e. The van der Waals surface area contributed by atoms with Gasteiger partial charge in [-0.3, -0.25) is 19.6 Å². The van der Waals surface area contributed by atoms with Gasteiger partial charge < -0.3 is 9.64 Å². The number of halogens is 4. The molecule has 3 heterocycles. The highest BCUT2D eigenvalue weighted by Gasteiger charge is 2.35. The molecule has 6 nitrogen and oxygen atoms in total. The zero-order valence-electron chi connectivity index (χ0n) is 23.3. The molecule has 2 aliphatic heterocycles. The molecule has 0 radical (unpaired) electrons. The van der Waals surface area contributed by atoms with Crippen LogP contribution in [-0.4, -0.2) is 78.0 Å². The Morgan fingerprint density at radius 2 is 1.85 bits per heavy atom. The van der Waals surface area contributed by atoms with Crippen LogP contribution >= 0.6 is 0 Å². The topological polar surface area (TPSA) is 48.9 Å². The maximum absolute atomic E-state index is 14.1. The molecule has 0 aliphatic carbocycles. The minimum absolute atomic E-state index is 0.0213. The van der Waals surface area contributed by atoms with Crippen molar-refractivity contribution in [2.24, 2.45) is 0 Å². The maximum atomic E-state index is 14.1. The van der Waals surface area contributed by atoms with E-state index in [9.17, 15) is 22.4 Å². The van der Waals surface area contributed by atoms with E-state index in [0.29, 0.717) is 31.6 Å². The zero-order valence-corrected chi connectivity index (χ0v) is 23.3. The number of ether oxygens (including phenoxy) is 1. The molecule has 10 heteroatoms. The van der Waals surface area contributed by atoms with E-state index in [1.54, 1.807) is 24.0 Å². The number of carbonyl (C=O) groups is 1. The lowest BCUT2D eigenvalue weighted by molar-refractivity contribution is -0.137. The van der Waals surface area contributed by atoms with E-state index >= 15 is 0 Å². The fourth-order valence-corrected chi connectivity index (χ4v) is 5.80. The Bertz CT molecular complexity index is 1400. The van der Waals surface area contributed by atoms with Crippen molar-refractivity contribution in [3.8, 4) is 5.75 Å². The summed E-state index contributed by atoms with van der Waals surface area (Å²) in [5.74, 6) is -0.799. The summed E-state index contributed by atoms with van der Waals surface area (Å²) in [6, 6.07) is 11.9. The van der Waals surface area contributed by atoms with Crippen LogP contribution in [0.4, 0.5) is 17.6 Å². The van der Waals surface area contributed by atoms with Crippen molar-refractivity contribution >= 4 is 5.91 Å². The SMILES string of the molecule is COc1cc(C[C@@H]2CN(CCN3CCc4ncccc4C3)CCN2C(=O)c2cc(C)cc(C(F)(F)F)c2)ccc1F. The van der Waals surface area contributed by atoms with Crippen molar-refractivity contribution in [2.75, 3.05) is 46.4 Å². The minimum Gasteiger partial charge on any atom is -0.494 e. The number of aryl methyl sites for hydroxylation is 1. The van der Waals surface area contributed by atoms with E-state index in [2.05, 4.69) is 20.9 Å². The summed E-state index contributed by atoms with van der Waals surface area (Å²) in [6.45, 7) is 6.51. The van der Waals surface area contributed by atoms with Crippen LogP contribution in [0, 0.1) is 12.7 Å². The molecule has 0 saturated carbocycles. The Hall–Kier alpha value is -3.50. The lowest BCUT2D eigenvalue weighted by atomic mass is 9.99. The summed E-state index contributed by atoms with van der Waals surface area (Å²) in [6.07, 6.45) is -1.40. The van der Waals surface area contributed by atoms with Crippen molar-refractivity contribution in [1.29, 1.82) is 0 Å². The summed E-state index contributed by atoms with van der Waals surface area (Å²) in [7, 11) is 1.39. The first-order valence-corrected chi connectivity index (χ1v) is 13.8. The first-order valence-electron chi connectivity index (χ1n) is 13.8. The van der Waals surface area contributed by atoms with Gasteiger partial charge in [-0.15, -0.1) is 0 Å². The number of rotatable bonds is 7. The first kappa shape index (κ1) is 29.0. The van der Waals surface area contributed by atoms with Gasteiger partial charge in [0.2, 0.25) is 0 Å². The highest BCUT2D eigenvalue weighted by atomic mass is 19.4. The molecule has 1 atom stereocenters. The molecule has 0 N–H and O–H groups in total. The Morgan fingerprint density at radius 3 is 2.63 bits per heavy atom. The zero-order chi connectivity index (χ0) is 29.1. The number of fused-ring (bicyclic) bond motifs is 1. The average Bonchev–Trinajstić information content (AvgIpc) is 2.96. The third kappa shape index (κ3) is 6.87. The lowest BCUT2D eigenvalue weighted by Crippen LogP contribution is -2.57. The molecule has 218 valence electrons. The fourth-order valence-electron chi connectivity index (χ4n) is 5.80. The number of pyridine rings is 1. The monoisotopic (exact) mass is 570 g/mol. The van der Waals surface area contributed by atoms with Gasteiger partial charge >= 0.3 is 6.18 Å². The van der Waals surface area contributed by atoms with Gasteiger partial charge in [-0.25, -0.2) is 4.39 Å². The molecule has 1 saturated heterocycles. The number of nitrogens with zero attached hydrogens (tertiary/aromatic N) is 4. The smallest absolute Gasteiger partial charge is 0.416 e.